The molecule has 0 saturated heterocycles. The second-order valence-electron chi connectivity index (χ2n) is 7.11. The van der Waals surface area contributed by atoms with E-state index < -0.39 is 0 Å². The molecule has 6 nitrogen and oxygen atoms in total. The first-order chi connectivity index (χ1) is 14.6. The van der Waals surface area contributed by atoms with Crippen LogP contribution in [0.2, 0.25) is 0 Å². The lowest BCUT2D eigenvalue weighted by atomic mass is 10.0. The number of amides is 2. The van der Waals surface area contributed by atoms with Gasteiger partial charge in [0.15, 0.2) is 0 Å². The number of hydrogen-bond acceptors (Lipinski definition) is 3. The number of rotatable bonds is 5. The lowest BCUT2D eigenvalue weighted by Gasteiger charge is -2.11. The van der Waals surface area contributed by atoms with Crippen molar-refractivity contribution >= 4 is 22.5 Å². The van der Waals surface area contributed by atoms with E-state index in [4.69, 9.17) is 0 Å². The third-order valence-electron chi connectivity index (χ3n) is 4.86. The van der Waals surface area contributed by atoms with Crippen LogP contribution in [0.3, 0.4) is 0 Å². The van der Waals surface area contributed by atoms with E-state index in [1.165, 1.54) is 5.56 Å². The number of benzene rings is 3. The third kappa shape index (κ3) is 4.50. The lowest BCUT2D eigenvalue weighted by Crippen LogP contribution is -2.38. The highest BCUT2D eigenvalue weighted by Crippen LogP contribution is 2.21. The molecule has 1 heterocycles. The molecule has 0 unspecified atom stereocenters. The Morgan fingerprint density at radius 1 is 0.933 bits per heavy atom. The summed E-state index contributed by atoms with van der Waals surface area (Å²) in [6.07, 6.45) is 1.60. The average molecular weight is 398 g/mol. The highest BCUT2D eigenvalue weighted by Gasteiger charge is 2.04. The number of carbonyl (C=O) groups is 1. The number of aryl methyl sites for hydroxylation is 1. The average Bonchev–Trinajstić information content (AvgIpc) is 2.77. The first kappa shape index (κ1) is 19.3. The Balaban J connectivity index is 1.34. The lowest BCUT2D eigenvalue weighted by molar-refractivity contribution is 0.242. The molecule has 30 heavy (non-hydrogen) atoms. The molecule has 0 atom stereocenters. The number of anilines is 1. The van der Waals surface area contributed by atoms with Gasteiger partial charge >= 0.3 is 6.03 Å². The van der Waals surface area contributed by atoms with Crippen LogP contribution in [0.1, 0.15) is 11.1 Å². The maximum Gasteiger partial charge on any atom is 0.333 e. The van der Waals surface area contributed by atoms with Gasteiger partial charge in [0, 0.05) is 18.1 Å². The Hall–Kier alpha value is -4.06. The monoisotopic (exact) mass is 398 g/mol. The van der Waals surface area contributed by atoms with Crippen molar-refractivity contribution in [2.24, 2.45) is 0 Å². The molecule has 0 spiro atoms. The topological polar surface area (TPSA) is 86.0 Å². The fourth-order valence-electron chi connectivity index (χ4n) is 3.23. The minimum Gasteiger partial charge on any atom is -0.333 e. The molecule has 0 saturated carbocycles. The quantitative estimate of drug-likeness (QED) is 0.378. The molecule has 150 valence electrons. The molecular formula is C24H22N4O2. The largest absolute Gasteiger partial charge is 0.333 e. The Labute approximate surface area is 173 Å². The van der Waals surface area contributed by atoms with Gasteiger partial charge in [-0.1, -0.05) is 48.0 Å². The Morgan fingerprint density at radius 3 is 2.60 bits per heavy atom. The molecule has 0 aliphatic rings. The highest BCUT2D eigenvalue weighted by molar-refractivity contribution is 5.85. The second kappa shape index (κ2) is 8.53. The molecule has 1 aromatic heterocycles. The van der Waals surface area contributed by atoms with Gasteiger partial charge < -0.3 is 10.3 Å². The van der Waals surface area contributed by atoms with E-state index in [0.717, 1.165) is 22.1 Å². The van der Waals surface area contributed by atoms with Gasteiger partial charge in [-0.25, -0.2) is 4.79 Å². The van der Waals surface area contributed by atoms with Crippen LogP contribution >= 0.6 is 0 Å². The van der Waals surface area contributed by atoms with Crippen LogP contribution in [-0.4, -0.2) is 11.0 Å². The maximum atomic E-state index is 12.2. The molecule has 3 aromatic carbocycles. The molecule has 4 aromatic rings. The van der Waals surface area contributed by atoms with E-state index in [2.05, 4.69) is 64.5 Å². The van der Waals surface area contributed by atoms with Crippen LogP contribution in [0.5, 0.6) is 0 Å². The number of aromatic nitrogens is 1. The number of pyridine rings is 1. The summed E-state index contributed by atoms with van der Waals surface area (Å²) in [5, 5.41) is 4.22. The van der Waals surface area contributed by atoms with Crippen LogP contribution in [0.4, 0.5) is 10.5 Å². The number of hydrogen-bond donors (Lipinski definition) is 4. The number of urea groups is 1. The standard InChI is InChI=1S/C24H22N4O2/c1-16-5-7-18(8-6-16)19-4-2-3-17(13-19)15-26-24(30)28-27-21-9-10-22-20(14-21)11-12-25-23(22)29/h2-14,27H,15H2,1H3,(H,25,29)(H2,26,28,30). The zero-order valence-corrected chi connectivity index (χ0v) is 16.5. The predicted octanol–water partition coefficient (Wildman–Crippen LogP) is 4.33. The molecule has 4 rings (SSSR count). The number of hydrazine groups is 1. The summed E-state index contributed by atoms with van der Waals surface area (Å²) in [6, 6.07) is 23.2. The van der Waals surface area contributed by atoms with Crippen LogP contribution in [-0.2, 0) is 6.54 Å². The van der Waals surface area contributed by atoms with Gasteiger partial charge in [0.25, 0.3) is 5.56 Å². The SMILES string of the molecule is Cc1ccc(-c2cccc(CNC(=O)NNc3ccc4c(=O)[nH]ccc4c3)c2)cc1. The zero-order valence-electron chi connectivity index (χ0n) is 16.5. The van der Waals surface area contributed by atoms with Gasteiger partial charge in [0.05, 0.1) is 5.69 Å². The van der Waals surface area contributed by atoms with Crippen molar-refractivity contribution < 1.29 is 4.79 Å². The Bertz CT molecular complexity index is 1250. The van der Waals surface area contributed by atoms with E-state index in [9.17, 15) is 9.59 Å². The molecule has 0 aliphatic carbocycles. The molecule has 0 aliphatic heterocycles. The summed E-state index contributed by atoms with van der Waals surface area (Å²) in [6.45, 7) is 2.47. The molecular weight excluding hydrogens is 376 g/mol. The first-order valence-electron chi connectivity index (χ1n) is 9.66. The van der Waals surface area contributed by atoms with E-state index in [1.54, 1.807) is 24.4 Å². The van der Waals surface area contributed by atoms with Crippen molar-refractivity contribution in [3.8, 4) is 11.1 Å². The fraction of sp³-hybridized carbons (Fsp3) is 0.0833. The van der Waals surface area contributed by atoms with E-state index in [1.807, 2.05) is 18.2 Å². The van der Waals surface area contributed by atoms with Crippen LogP contribution in [0, 0.1) is 6.92 Å². The molecule has 4 N–H and O–H groups in total. The third-order valence-corrected chi connectivity index (χ3v) is 4.86. The van der Waals surface area contributed by atoms with Crippen LogP contribution < -0.4 is 21.7 Å². The Kier molecular flexibility index (Phi) is 5.48. The van der Waals surface area contributed by atoms with Gasteiger partial charge in [0.1, 0.15) is 0 Å². The van der Waals surface area contributed by atoms with Crippen molar-refractivity contribution in [3.63, 3.8) is 0 Å². The van der Waals surface area contributed by atoms with Gasteiger partial charge in [-0.3, -0.25) is 15.6 Å². The molecule has 2 amide bonds. The van der Waals surface area contributed by atoms with Crippen molar-refractivity contribution in [1.82, 2.24) is 15.7 Å². The minimum atomic E-state index is -0.346. The molecule has 0 fully saturated rings. The first-order valence-corrected chi connectivity index (χ1v) is 9.66. The van der Waals surface area contributed by atoms with Crippen LogP contribution in [0.25, 0.3) is 21.9 Å². The van der Waals surface area contributed by atoms with Crippen molar-refractivity contribution in [2.75, 3.05) is 5.43 Å². The zero-order chi connectivity index (χ0) is 20.9. The van der Waals surface area contributed by atoms with Crippen molar-refractivity contribution in [1.29, 1.82) is 0 Å². The van der Waals surface area contributed by atoms with E-state index in [-0.39, 0.29) is 11.6 Å². The summed E-state index contributed by atoms with van der Waals surface area (Å²) in [5.41, 5.74) is 10.5. The summed E-state index contributed by atoms with van der Waals surface area (Å²) in [7, 11) is 0. The van der Waals surface area contributed by atoms with Crippen molar-refractivity contribution in [2.45, 2.75) is 13.5 Å². The Morgan fingerprint density at radius 2 is 1.77 bits per heavy atom. The van der Waals surface area contributed by atoms with Crippen molar-refractivity contribution in [3.05, 3.63) is 100 Å². The fourth-order valence-corrected chi connectivity index (χ4v) is 3.23. The van der Waals surface area contributed by atoms with Crippen LogP contribution in [0.15, 0.2) is 83.8 Å². The number of nitrogens with one attached hydrogen (secondary N) is 4. The normalized spacial score (nSPS) is 10.6. The summed E-state index contributed by atoms with van der Waals surface area (Å²) in [5.74, 6) is 0. The predicted molar refractivity (Wildman–Crippen MR) is 120 cm³/mol. The highest BCUT2D eigenvalue weighted by atomic mass is 16.2. The smallest absolute Gasteiger partial charge is 0.333 e. The van der Waals surface area contributed by atoms with E-state index in [0.29, 0.717) is 17.6 Å². The van der Waals surface area contributed by atoms with Gasteiger partial charge in [0.2, 0.25) is 0 Å². The number of fused-ring (bicyclic) bond motifs is 1. The second-order valence-corrected chi connectivity index (χ2v) is 7.11. The number of aromatic amines is 1. The maximum absolute atomic E-state index is 12.2. The number of H-pyrrole nitrogens is 1. The summed E-state index contributed by atoms with van der Waals surface area (Å²) in [4.78, 5) is 26.5. The molecule has 0 bridgehead atoms. The minimum absolute atomic E-state index is 0.141. The summed E-state index contributed by atoms with van der Waals surface area (Å²) >= 11 is 0. The van der Waals surface area contributed by atoms with Gasteiger partial charge in [-0.05, 0) is 59.3 Å². The van der Waals surface area contributed by atoms with Gasteiger partial charge in [-0.15, -0.1) is 0 Å². The molecule has 6 heteroatoms. The summed E-state index contributed by atoms with van der Waals surface area (Å²) < 4.78 is 0. The van der Waals surface area contributed by atoms with Gasteiger partial charge in [-0.2, -0.15) is 0 Å². The molecule has 0 radical (unpaired) electrons. The van der Waals surface area contributed by atoms with E-state index >= 15 is 0 Å². The number of carbonyl (C=O) groups excluding carboxylic acids is 1.